The zero-order chi connectivity index (χ0) is 13.4. The van der Waals surface area contributed by atoms with Gasteiger partial charge in [0, 0.05) is 12.2 Å². The highest BCUT2D eigenvalue weighted by Crippen LogP contribution is 2.24. The van der Waals surface area contributed by atoms with Gasteiger partial charge < -0.3 is 9.84 Å². The van der Waals surface area contributed by atoms with Crippen LogP contribution in [0, 0.1) is 13.8 Å². The number of carbonyl (C=O) groups excluding carboxylic acids is 1. The molecule has 3 nitrogen and oxygen atoms in total. The molecule has 1 aromatic carbocycles. The summed E-state index contributed by atoms with van der Waals surface area (Å²) in [6.45, 7) is 4.88. The highest BCUT2D eigenvalue weighted by Gasteiger charge is 2.05. The van der Waals surface area contributed by atoms with Gasteiger partial charge in [0.1, 0.15) is 12.0 Å². The van der Waals surface area contributed by atoms with Crippen molar-refractivity contribution in [2.45, 2.75) is 39.5 Å². The van der Waals surface area contributed by atoms with Crippen LogP contribution in [0.5, 0.6) is 5.75 Å². The fraction of sp³-hybridized carbons (Fsp3) is 0.533. The number of rotatable bonds is 8. The number of aldehydes is 1. The van der Waals surface area contributed by atoms with E-state index < -0.39 is 0 Å². The number of carbonyl (C=O) groups is 1. The lowest BCUT2D eigenvalue weighted by Crippen LogP contribution is -2.01. The predicted octanol–water partition coefficient (Wildman–Crippen LogP) is 3.05. The lowest BCUT2D eigenvalue weighted by molar-refractivity contribution is 0.112. The van der Waals surface area contributed by atoms with E-state index in [0.29, 0.717) is 12.2 Å². The van der Waals surface area contributed by atoms with E-state index in [2.05, 4.69) is 0 Å². The highest BCUT2D eigenvalue weighted by atomic mass is 16.5. The minimum atomic E-state index is 0.270. The molecule has 0 fully saturated rings. The summed E-state index contributed by atoms with van der Waals surface area (Å²) in [5, 5.41) is 8.66. The second-order valence-corrected chi connectivity index (χ2v) is 4.59. The minimum absolute atomic E-state index is 0.270. The Labute approximate surface area is 109 Å². The summed E-state index contributed by atoms with van der Waals surface area (Å²) < 4.78 is 5.77. The van der Waals surface area contributed by atoms with Crippen LogP contribution < -0.4 is 4.74 Å². The molecule has 0 aliphatic heterocycles. The smallest absolute Gasteiger partial charge is 0.150 e. The first kappa shape index (κ1) is 14.7. The second-order valence-electron chi connectivity index (χ2n) is 4.59. The molecule has 0 aliphatic carbocycles. The number of benzene rings is 1. The molecule has 0 saturated carbocycles. The summed E-state index contributed by atoms with van der Waals surface area (Å²) in [4.78, 5) is 10.7. The van der Waals surface area contributed by atoms with Crippen molar-refractivity contribution in [3.8, 4) is 5.75 Å². The van der Waals surface area contributed by atoms with Crippen LogP contribution in [-0.2, 0) is 0 Å². The van der Waals surface area contributed by atoms with E-state index in [-0.39, 0.29) is 6.61 Å². The van der Waals surface area contributed by atoms with Crippen LogP contribution in [-0.4, -0.2) is 24.6 Å². The van der Waals surface area contributed by atoms with Crippen molar-refractivity contribution in [3.63, 3.8) is 0 Å². The van der Waals surface area contributed by atoms with E-state index in [0.717, 1.165) is 48.8 Å². The number of aliphatic hydroxyl groups excluding tert-OH is 1. The maximum absolute atomic E-state index is 10.7. The Hall–Kier alpha value is -1.35. The Morgan fingerprint density at radius 3 is 2.28 bits per heavy atom. The molecule has 0 saturated heterocycles. The average Bonchev–Trinajstić information content (AvgIpc) is 2.35. The summed E-state index contributed by atoms with van der Waals surface area (Å²) in [5.74, 6) is 0.891. The Kier molecular flexibility index (Phi) is 6.44. The number of aryl methyl sites for hydroxylation is 2. The average molecular weight is 250 g/mol. The molecule has 0 aromatic heterocycles. The van der Waals surface area contributed by atoms with Crippen molar-refractivity contribution >= 4 is 6.29 Å². The lowest BCUT2D eigenvalue weighted by Gasteiger charge is -2.12. The third kappa shape index (κ3) is 4.49. The van der Waals surface area contributed by atoms with Crippen LogP contribution in [0.25, 0.3) is 0 Å². The van der Waals surface area contributed by atoms with Gasteiger partial charge in [0.05, 0.1) is 6.61 Å². The van der Waals surface area contributed by atoms with Gasteiger partial charge in [0.2, 0.25) is 0 Å². The zero-order valence-electron chi connectivity index (χ0n) is 11.2. The molecule has 18 heavy (non-hydrogen) atoms. The van der Waals surface area contributed by atoms with Crippen LogP contribution in [0.15, 0.2) is 12.1 Å². The van der Waals surface area contributed by atoms with Gasteiger partial charge >= 0.3 is 0 Å². The molecular formula is C15H22O3. The fourth-order valence-corrected chi connectivity index (χ4v) is 2.02. The monoisotopic (exact) mass is 250 g/mol. The summed E-state index contributed by atoms with van der Waals surface area (Å²) in [5.41, 5.74) is 2.71. The SMILES string of the molecule is Cc1cc(C=O)cc(C)c1OCCCCCCO. The minimum Gasteiger partial charge on any atom is -0.493 e. The highest BCUT2D eigenvalue weighted by molar-refractivity contribution is 5.76. The Morgan fingerprint density at radius 1 is 1.11 bits per heavy atom. The lowest BCUT2D eigenvalue weighted by atomic mass is 10.1. The summed E-state index contributed by atoms with van der Waals surface area (Å²) in [6.07, 6.45) is 4.84. The first-order valence-electron chi connectivity index (χ1n) is 6.49. The van der Waals surface area contributed by atoms with Crippen LogP contribution in [0.4, 0.5) is 0 Å². The molecule has 0 heterocycles. The zero-order valence-corrected chi connectivity index (χ0v) is 11.2. The maximum Gasteiger partial charge on any atom is 0.150 e. The summed E-state index contributed by atoms with van der Waals surface area (Å²) >= 11 is 0. The molecule has 1 aromatic rings. The van der Waals surface area contributed by atoms with Crippen LogP contribution in [0.1, 0.15) is 47.2 Å². The molecular weight excluding hydrogens is 228 g/mol. The Bertz CT molecular complexity index is 362. The van der Waals surface area contributed by atoms with Gasteiger partial charge in [-0.25, -0.2) is 0 Å². The van der Waals surface area contributed by atoms with E-state index in [4.69, 9.17) is 9.84 Å². The van der Waals surface area contributed by atoms with Crippen molar-refractivity contribution in [2.24, 2.45) is 0 Å². The normalized spacial score (nSPS) is 10.4. The van der Waals surface area contributed by atoms with E-state index >= 15 is 0 Å². The molecule has 0 atom stereocenters. The number of ether oxygens (including phenoxy) is 1. The molecule has 0 amide bonds. The summed E-state index contributed by atoms with van der Waals surface area (Å²) in [6, 6.07) is 3.70. The molecule has 3 heteroatoms. The van der Waals surface area contributed by atoms with Gasteiger partial charge in [-0.05, 0) is 56.4 Å². The van der Waals surface area contributed by atoms with Crippen molar-refractivity contribution in [3.05, 3.63) is 28.8 Å². The molecule has 0 radical (unpaired) electrons. The van der Waals surface area contributed by atoms with Crippen LogP contribution in [0.2, 0.25) is 0 Å². The number of aliphatic hydroxyl groups is 1. The first-order valence-corrected chi connectivity index (χ1v) is 6.49. The maximum atomic E-state index is 10.7. The number of hydrogen-bond donors (Lipinski definition) is 1. The van der Waals surface area contributed by atoms with Gasteiger partial charge in [-0.15, -0.1) is 0 Å². The van der Waals surface area contributed by atoms with E-state index in [9.17, 15) is 4.79 Å². The van der Waals surface area contributed by atoms with Gasteiger partial charge in [-0.2, -0.15) is 0 Å². The van der Waals surface area contributed by atoms with E-state index in [1.165, 1.54) is 0 Å². The van der Waals surface area contributed by atoms with Crippen molar-refractivity contribution in [1.82, 2.24) is 0 Å². The van der Waals surface area contributed by atoms with Gasteiger partial charge in [0.25, 0.3) is 0 Å². The quantitative estimate of drug-likeness (QED) is 0.570. The largest absolute Gasteiger partial charge is 0.493 e. The summed E-state index contributed by atoms with van der Waals surface area (Å²) in [7, 11) is 0. The Balaban J connectivity index is 2.45. The van der Waals surface area contributed by atoms with Gasteiger partial charge in [-0.1, -0.05) is 6.42 Å². The first-order chi connectivity index (χ1) is 8.69. The van der Waals surface area contributed by atoms with Crippen molar-refractivity contribution < 1.29 is 14.6 Å². The van der Waals surface area contributed by atoms with E-state index in [1.54, 1.807) is 0 Å². The standard InChI is InChI=1S/C15H22O3/c1-12-9-14(11-17)10-13(2)15(12)18-8-6-4-3-5-7-16/h9-11,16H,3-8H2,1-2H3. The topological polar surface area (TPSA) is 46.5 Å². The predicted molar refractivity (Wildman–Crippen MR) is 72.4 cm³/mol. The van der Waals surface area contributed by atoms with Crippen LogP contribution in [0.3, 0.4) is 0 Å². The third-order valence-corrected chi connectivity index (χ3v) is 2.92. The molecule has 100 valence electrons. The van der Waals surface area contributed by atoms with Crippen molar-refractivity contribution in [1.29, 1.82) is 0 Å². The molecule has 0 bridgehead atoms. The third-order valence-electron chi connectivity index (χ3n) is 2.92. The molecule has 0 spiro atoms. The molecule has 0 aliphatic rings. The fourth-order valence-electron chi connectivity index (χ4n) is 2.02. The molecule has 1 rings (SSSR count). The number of hydrogen-bond acceptors (Lipinski definition) is 3. The Morgan fingerprint density at radius 2 is 1.72 bits per heavy atom. The number of unbranched alkanes of at least 4 members (excludes halogenated alkanes) is 3. The molecule has 0 unspecified atom stereocenters. The van der Waals surface area contributed by atoms with Gasteiger partial charge in [-0.3, -0.25) is 4.79 Å². The van der Waals surface area contributed by atoms with Crippen molar-refractivity contribution in [2.75, 3.05) is 13.2 Å². The van der Waals surface area contributed by atoms with Crippen LogP contribution >= 0.6 is 0 Å². The van der Waals surface area contributed by atoms with E-state index in [1.807, 2.05) is 26.0 Å². The molecule has 1 N–H and O–H groups in total. The second kappa shape index (κ2) is 7.88. The van der Waals surface area contributed by atoms with Gasteiger partial charge in [0.15, 0.2) is 0 Å².